The van der Waals surface area contributed by atoms with Gasteiger partial charge in [0.05, 0.1) is 0 Å². The Kier molecular flexibility index (Phi) is 4.15. The van der Waals surface area contributed by atoms with Gasteiger partial charge in [0.25, 0.3) is 5.91 Å². The van der Waals surface area contributed by atoms with E-state index in [1.165, 1.54) is 0 Å². The number of carbonyl (C=O) groups is 1. The van der Waals surface area contributed by atoms with Crippen molar-refractivity contribution in [3.05, 3.63) is 30.0 Å². The Morgan fingerprint density at radius 3 is 3.06 bits per heavy atom. The fourth-order valence-corrected chi connectivity index (χ4v) is 2.11. The monoisotopic (exact) mass is 264 g/mol. The van der Waals surface area contributed by atoms with E-state index < -0.39 is 0 Å². The van der Waals surface area contributed by atoms with Gasteiger partial charge in [-0.1, -0.05) is 0 Å². The van der Waals surface area contributed by atoms with Crippen molar-refractivity contribution in [2.24, 2.45) is 0 Å². The molecule has 0 aliphatic rings. The van der Waals surface area contributed by atoms with Crippen LogP contribution in [0, 0.1) is 0 Å². The van der Waals surface area contributed by atoms with Crippen LogP contribution in [0.3, 0.4) is 0 Å². The van der Waals surface area contributed by atoms with E-state index in [1.807, 2.05) is 6.26 Å². The van der Waals surface area contributed by atoms with Gasteiger partial charge in [-0.3, -0.25) is 4.79 Å². The molecule has 0 saturated carbocycles. The second kappa shape index (κ2) is 5.82. The normalized spacial score (nSPS) is 10.7. The third-order valence-electron chi connectivity index (χ3n) is 2.57. The topological polar surface area (TPSA) is 68.3 Å². The Morgan fingerprint density at radius 1 is 1.44 bits per heavy atom. The van der Waals surface area contributed by atoms with E-state index in [0.717, 1.165) is 17.6 Å². The van der Waals surface area contributed by atoms with E-state index in [4.69, 9.17) is 10.2 Å². The largest absolute Gasteiger partial charge is 0.451 e. The van der Waals surface area contributed by atoms with Gasteiger partial charge in [0.2, 0.25) is 0 Å². The van der Waals surface area contributed by atoms with Crippen molar-refractivity contribution < 1.29 is 9.21 Å². The second-order valence-corrected chi connectivity index (χ2v) is 5.00. The first-order valence-electron chi connectivity index (χ1n) is 5.77. The molecule has 3 N–H and O–H groups in total. The van der Waals surface area contributed by atoms with E-state index in [0.29, 0.717) is 23.6 Å². The van der Waals surface area contributed by atoms with Gasteiger partial charge in [-0.2, -0.15) is 11.8 Å². The molecule has 0 bridgehead atoms. The minimum Gasteiger partial charge on any atom is -0.451 e. The van der Waals surface area contributed by atoms with Gasteiger partial charge in [0.1, 0.15) is 5.58 Å². The number of fused-ring (bicyclic) bond motifs is 1. The molecule has 0 unspecified atom stereocenters. The molecule has 1 heterocycles. The maximum atomic E-state index is 11.8. The summed E-state index contributed by atoms with van der Waals surface area (Å²) in [5, 5.41) is 3.68. The molecule has 0 atom stereocenters. The number of hydrogen-bond acceptors (Lipinski definition) is 4. The number of carbonyl (C=O) groups excluding carboxylic acids is 1. The molecule has 96 valence electrons. The lowest BCUT2D eigenvalue weighted by atomic mass is 10.2. The maximum absolute atomic E-state index is 11.8. The molecule has 1 aromatic heterocycles. The lowest BCUT2D eigenvalue weighted by molar-refractivity contribution is 0.0928. The highest BCUT2D eigenvalue weighted by Crippen LogP contribution is 2.21. The molecule has 0 radical (unpaired) electrons. The number of nitrogen functional groups attached to an aromatic ring is 1. The Balaban J connectivity index is 2.04. The standard InChI is InChI=1S/C13H16N2O2S/c1-18-6-2-5-15-13(16)12-8-9-7-10(14)3-4-11(9)17-12/h3-4,7-8H,2,5-6,14H2,1H3,(H,15,16). The van der Waals surface area contributed by atoms with Crippen LogP contribution < -0.4 is 11.1 Å². The molecule has 2 rings (SSSR count). The number of thioether (sulfide) groups is 1. The quantitative estimate of drug-likeness (QED) is 0.643. The van der Waals surface area contributed by atoms with Crippen molar-refractivity contribution in [3.8, 4) is 0 Å². The number of amides is 1. The Morgan fingerprint density at radius 2 is 2.28 bits per heavy atom. The molecule has 0 aliphatic heterocycles. The van der Waals surface area contributed by atoms with Crippen molar-refractivity contribution in [1.29, 1.82) is 0 Å². The van der Waals surface area contributed by atoms with Crippen molar-refractivity contribution >= 4 is 34.3 Å². The summed E-state index contributed by atoms with van der Waals surface area (Å²) in [6.07, 6.45) is 3.01. The first-order chi connectivity index (χ1) is 8.70. The highest BCUT2D eigenvalue weighted by molar-refractivity contribution is 7.98. The molecule has 1 amide bonds. The number of nitrogens with one attached hydrogen (secondary N) is 1. The minimum atomic E-state index is -0.175. The van der Waals surface area contributed by atoms with Gasteiger partial charge in [-0.15, -0.1) is 0 Å². The zero-order chi connectivity index (χ0) is 13.0. The summed E-state index contributed by atoms with van der Waals surface area (Å²) in [5.41, 5.74) is 7.02. The van der Waals surface area contributed by atoms with E-state index in [2.05, 4.69) is 5.32 Å². The summed E-state index contributed by atoms with van der Waals surface area (Å²) in [7, 11) is 0. The Bertz CT molecular complexity index is 551. The number of nitrogens with two attached hydrogens (primary N) is 1. The molecule has 0 spiro atoms. The minimum absolute atomic E-state index is 0.175. The fourth-order valence-electron chi connectivity index (χ4n) is 1.68. The molecule has 0 aliphatic carbocycles. The number of rotatable bonds is 5. The summed E-state index contributed by atoms with van der Waals surface area (Å²) in [5.74, 6) is 1.20. The van der Waals surface area contributed by atoms with Crippen molar-refractivity contribution in [1.82, 2.24) is 5.32 Å². The van der Waals surface area contributed by atoms with Gasteiger partial charge in [0, 0.05) is 17.6 Å². The zero-order valence-electron chi connectivity index (χ0n) is 10.2. The van der Waals surface area contributed by atoms with Crippen LogP contribution in [-0.2, 0) is 0 Å². The Labute approximate surface area is 110 Å². The SMILES string of the molecule is CSCCCNC(=O)c1cc2cc(N)ccc2o1. The fraction of sp³-hybridized carbons (Fsp3) is 0.308. The van der Waals surface area contributed by atoms with Gasteiger partial charge in [0.15, 0.2) is 5.76 Å². The highest BCUT2D eigenvalue weighted by Gasteiger charge is 2.11. The molecule has 0 fully saturated rings. The van der Waals surface area contributed by atoms with Crippen molar-refractivity contribution in [2.45, 2.75) is 6.42 Å². The number of furan rings is 1. The highest BCUT2D eigenvalue weighted by atomic mass is 32.2. The lowest BCUT2D eigenvalue weighted by Gasteiger charge is -2.01. The van der Waals surface area contributed by atoms with E-state index in [1.54, 1.807) is 36.0 Å². The van der Waals surface area contributed by atoms with Crippen LogP contribution in [0.1, 0.15) is 17.0 Å². The third kappa shape index (κ3) is 2.98. The summed E-state index contributed by atoms with van der Waals surface area (Å²) in [6.45, 7) is 0.666. The predicted molar refractivity (Wildman–Crippen MR) is 76.0 cm³/mol. The smallest absolute Gasteiger partial charge is 0.287 e. The van der Waals surface area contributed by atoms with Crippen LogP contribution in [0.4, 0.5) is 5.69 Å². The summed E-state index contributed by atoms with van der Waals surface area (Å²) < 4.78 is 5.47. The summed E-state index contributed by atoms with van der Waals surface area (Å²) in [6, 6.07) is 7.04. The van der Waals surface area contributed by atoms with Crippen LogP contribution in [0.25, 0.3) is 11.0 Å². The van der Waals surface area contributed by atoms with Crippen LogP contribution in [0.15, 0.2) is 28.7 Å². The molecule has 0 saturated heterocycles. The average molecular weight is 264 g/mol. The molecular weight excluding hydrogens is 248 g/mol. The summed E-state index contributed by atoms with van der Waals surface area (Å²) in [4.78, 5) is 11.8. The summed E-state index contributed by atoms with van der Waals surface area (Å²) >= 11 is 1.77. The van der Waals surface area contributed by atoms with Gasteiger partial charge >= 0.3 is 0 Å². The van der Waals surface area contributed by atoms with Crippen LogP contribution in [0.5, 0.6) is 0 Å². The van der Waals surface area contributed by atoms with Gasteiger partial charge in [-0.05, 0) is 42.7 Å². The number of benzene rings is 1. The first kappa shape index (κ1) is 12.8. The van der Waals surface area contributed by atoms with E-state index >= 15 is 0 Å². The van der Waals surface area contributed by atoms with Crippen molar-refractivity contribution in [3.63, 3.8) is 0 Å². The zero-order valence-corrected chi connectivity index (χ0v) is 11.0. The first-order valence-corrected chi connectivity index (χ1v) is 7.16. The number of hydrogen-bond donors (Lipinski definition) is 2. The van der Waals surface area contributed by atoms with E-state index in [9.17, 15) is 4.79 Å². The van der Waals surface area contributed by atoms with Crippen LogP contribution in [-0.4, -0.2) is 24.5 Å². The van der Waals surface area contributed by atoms with Crippen LogP contribution >= 0.6 is 11.8 Å². The van der Waals surface area contributed by atoms with E-state index in [-0.39, 0.29) is 5.91 Å². The molecule has 1 aromatic carbocycles. The number of anilines is 1. The Hall–Kier alpha value is -1.62. The van der Waals surface area contributed by atoms with Crippen LogP contribution in [0.2, 0.25) is 0 Å². The molecule has 2 aromatic rings. The third-order valence-corrected chi connectivity index (χ3v) is 3.27. The average Bonchev–Trinajstić information content (AvgIpc) is 2.77. The lowest BCUT2D eigenvalue weighted by Crippen LogP contribution is -2.24. The predicted octanol–water partition coefficient (Wildman–Crippen LogP) is 2.50. The second-order valence-electron chi connectivity index (χ2n) is 4.01. The van der Waals surface area contributed by atoms with Crippen molar-refractivity contribution in [2.75, 3.05) is 24.3 Å². The molecule has 4 nitrogen and oxygen atoms in total. The van der Waals surface area contributed by atoms with Gasteiger partial charge < -0.3 is 15.5 Å². The molecule has 5 heteroatoms. The molecule has 18 heavy (non-hydrogen) atoms. The van der Waals surface area contributed by atoms with Gasteiger partial charge in [-0.25, -0.2) is 0 Å². The maximum Gasteiger partial charge on any atom is 0.287 e. The molecular formula is C13H16N2O2S.